The van der Waals surface area contributed by atoms with Crippen LogP contribution in [0.25, 0.3) is 0 Å². The first-order chi connectivity index (χ1) is 13.7. The second-order valence-corrected chi connectivity index (χ2v) is 7.61. The third kappa shape index (κ3) is 6.03. The number of benzene rings is 1. The van der Waals surface area contributed by atoms with E-state index < -0.39 is 6.36 Å². The molecule has 0 unspecified atom stereocenters. The highest BCUT2D eigenvalue weighted by Crippen LogP contribution is 2.43. The zero-order valence-corrected chi connectivity index (χ0v) is 17.3. The quantitative estimate of drug-likeness (QED) is 0.716. The zero-order chi connectivity index (χ0) is 21.7. The summed E-state index contributed by atoms with van der Waals surface area (Å²) in [5.41, 5.74) is 8.06. The van der Waals surface area contributed by atoms with Crippen molar-refractivity contribution in [2.24, 2.45) is 11.1 Å². The maximum absolute atomic E-state index is 12.3. The summed E-state index contributed by atoms with van der Waals surface area (Å²) in [6.07, 6.45) is 2.56. The lowest BCUT2D eigenvalue weighted by molar-refractivity contribution is -0.274. The predicted octanol–water partition coefficient (Wildman–Crippen LogP) is 4.71. The van der Waals surface area contributed by atoms with Gasteiger partial charge in [-0.1, -0.05) is 18.2 Å². The molecule has 1 aromatic carbocycles. The summed E-state index contributed by atoms with van der Waals surface area (Å²) < 4.78 is 40.7. The molecule has 0 aromatic heterocycles. The Bertz CT molecular complexity index is 744. The third-order valence-corrected chi connectivity index (χ3v) is 5.09. The lowest BCUT2D eigenvalue weighted by atomic mass is 9.78. The summed E-state index contributed by atoms with van der Waals surface area (Å²) >= 11 is 0. The Morgan fingerprint density at radius 1 is 1.10 bits per heavy atom. The molecule has 2 saturated heterocycles. The number of halogens is 3. The largest absolute Gasteiger partial charge is 0.573 e. The van der Waals surface area contributed by atoms with E-state index in [1.165, 1.54) is 24.8 Å². The van der Waals surface area contributed by atoms with Gasteiger partial charge in [0.25, 0.3) is 0 Å². The molecule has 0 aliphatic carbocycles. The minimum Gasteiger partial charge on any atom is -0.406 e. The summed E-state index contributed by atoms with van der Waals surface area (Å²) in [5.74, 6) is -0.187. The van der Waals surface area contributed by atoms with E-state index in [4.69, 9.17) is 0 Å². The van der Waals surface area contributed by atoms with E-state index >= 15 is 0 Å². The van der Waals surface area contributed by atoms with Gasteiger partial charge < -0.3 is 20.3 Å². The number of nitrogens with zero attached hydrogens (tertiary/aromatic N) is 2. The Morgan fingerprint density at radius 2 is 1.72 bits per heavy atom. The lowest BCUT2D eigenvalue weighted by Crippen LogP contribution is -2.57. The van der Waals surface area contributed by atoms with Gasteiger partial charge >= 0.3 is 6.36 Å². The minimum absolute atomic E-state index is 0.187. The third-order valence-electron chi connectivity index (χ3n) is 5.09. The highest BCUT2D eigenvalue weighted by atomic mass is 19.4. The molecule has 2 aliphatic heterocycles. The van der Waals surface area contributed by atoms with Crippen LogP contribution in [0.3, 0.4) is 0 Å². The van der Waals surface area contributed by atoms with Crippen molar-refractivity contribution in [1.82, 2.24) is 4.90 Å². The van der Waals surface area contributed by atoms with Crippen LogP contribution in [-0.2, 0) is 0 Å². The fourth-order valence-electron chi connectivity index (χ4n) is 3.77. The molecule has 29 heavy (non-hydrogen) atoms. The van der Waals surface area contributed by atoms with E-state index in [-0.39, 0.29) is 11.2 Å². The van der Waals surface area contributed by atoms with Gasteiger partial charge in [0, 0.05) is 43.0 Å². The van der Waals surface area contributed by atoms with Crippen molar-refractivity contribution in [3.8, 4) is 5.75 Å². The number of ether oxygens (including phenoxy) is 1. The molecule has 1 aromatic rings. The molecule has 3 rings (SSSR count). The molecular weight excluding hydrogens is 379 g/mol. The van der Waals surface area contributed by atoms with Crippen molar-refractivity contribution in [1.29, 1.82) is 0 Å². The van der Waals surface area contributed by atoms with E-state index in [2.05, 4.69) is 52.8 Å². The van der Waals surface area contributed by atoms with Gasteiger partial charge in [-0.3, -0.25) is 0 Å². The van der Waals surface area contributed by atoms with Gasteiger partial charge in [-0.2, -0.15) is 0 Å². The number of alkyl halides is 3. The molecule has 2 N–H and O–H groups in total. The van der Waals surface area contributed by atoms with Gasteiger partial charge in [0.15, 0.2) is 0 Å². The number of anilines is 1. The monoisotopic (exact) mass is 409 g/mol. The molecule has 1 spiro atoms. The van der Waals surface area contributed by atoms with Crippen molar-refractivity contribution in [3.63, 3.8) is 0 Å². The molecule has 160 valence electrons. The fraction of sp³-hybridized carbons (Fsp3) is 0.455. The van der Waals surface area contributed by atoms with Crippen LogP contribution >= 0.6 is 0 Å². The Kier molecular flexibility index (Phi) is 7.41. The van der Waals surface area contributed by atoms with Gasteiger partial charge in [-0.25, -0.2) is 0 Å². The average molecular weight is 409 g/mol. The van der Waals surface area contributed by atoms with Crippen LogP contribution in [0.2, 0.25) is 0 Å². The van der Waals surface area contributed by atoms with Crippen LogP contribution in [0.1, 0.15) is 20.3 Å². The Hall–Kier alpha value is -2.41. The fourth-order valence-corrected chi connectivity index (χ4v) is 3.77. The summed E-state index contributed by atoms with van der Waals surface area (Å²) in [5, 5.41) is 0. The number of hydrogen-bond acceptors (Lipinski definition) is 4. The first-order valence-corrected chi connectivity index (χ1v) is 9.61. The van der Waals surface area contributed by atoms with Gasteiger partial charge in [0.1, 0.15) is 5.75 Å². The number of nitrogens with two attached hydrogens (primary N) is 1. The number of likely N-dealkylation sites (tertiary alicyclic amines) is 1. The molecule has 0 atom stereocenters. The molecule has 2 heterocycles. The van der Waals surface area contributed by atoms with Crippen molar-refractivity contribution in [2.75, 3.05) is 38.1 Å². The van der Waals surface area contributed by atoms with E-state index in [1.54, 1.807) is 12.1 Å². The van der Waals surface area contributed by atoms with Crippen LogP contribution in [0, 0.1) is 5.41 Å². The Balaban J connectivity index is 0.00000145. The predicted molar refractivity (Wildman–Crippen MR) is 112 cm³/mol. The molecule has 0 saturated carbocycles. The van der Waals surface area contributed by atoms with Crippen molar-refractivity contribution < 1.29 is 17.9 Å². The standard InChI is InChI=1S/C21H25F3N2O.CH5N/c1-4-17(6-5-16(2)3)25-12-11-20(13-25)14-26(15-20)18-7-9-19(10-8-18)27-21(22,23)24;1-2/h4-10H,1,11-15H2,2-3H3;2H2,1H3/b17-6+;. The van der Waals surface area contributed by atoms with Crippen molar-refractivity contribution in [2.45, 2.75) is 26.6 Å². The zero-order valence-electron chi connectivity index (χ0n) is 17.3. The van der Waals surface area contributed by atoms with Crippen molar-refractivity contribution in [3.05, 3.63) is 60.3 Å². The number of rotatable bonds is 5. The Labute approximate surface area is 171 Å². The number of allylic oxidation sites excluding steroid dienone is 4. The summed E-state index contributed by atoms with van der Waals surface area (Å²) in [4.78, 5) is 4.57. The van der Waals surface area contributed by atoms with Crippen LogP contribution in [-0.4, -0.2) is 44.5 Å². The highest BCUT2D eigenvalue weighted by molar-refractivity contribution is 5.52. The van der Waals surface area contributed by atoms with Gasteiger partial charge in [0.05, 0.1) is 0 Å². The lowest BCUT2D eigenvalue weighted by Gasteiger charge is -2.49. The second-order valence-electron chi connectivity index (χ2n) is 7.61. The maximum Gasteiger partial charge on any atom is 0.573 e. The smallest absolute Gasteiger partial charge is 0.406 e. The molecule has 0 bridgehead atoms. The van der Waals surface area contributed by atoms with Gasteiger partial charge in [-0.05, 0) is 63.7 Å². The van der Waals surface area contributed by atoms with Crippen LogP contribution in [0.4, 0.5) is 18.9 Å². The molecule has 2 fully saturated rings. The molecule has 0 radical (unpaired) electrons. The van der Waals surface area contributed by atoms with Crippen molar-refractivity contribution >= 4 is 5.69 Å². The SMILES string of the molecule is C=C/C(=C\C=C(C)C)N1CCC2(C1)CN(c1ccc(OC(F)(F)F)cc1)C2.CN. The van der Waals surface area contributed by atoms with Gasteiger partial charge in [0.2, 0.25) is 0 Å². The van der Waals surface area contributed by atoms with E-state index in [0.29, 0.717) is 0 Å². The Morgan fingerprint density at radius 3 is 2.24 bits per heavy atom. The molecular formula is C22H30F3N3O. The normalized spacial score (nSPS) is 18.0. The van der Waals surface area contributed by atoms with E-state index in [9.17, 15) is 13.2 Å². The van der Waals surface area contributed by atoms with Crippen LogP contribution in [0.5, 0.6) is 5.75 Å². The minimum atomic E-state index is -4.66. The average Bonchev–Trinajstić information content (AvgIpc) is 3.08. The summed E-state index contributed by atoms with van der Waals surface area (Å²) in [6, 6.07) is 6.11. The molecule has 0 amide bonds. The van der Waals surface area contributed by atoms with E-state index in [0.717, 1.165) is 44.0 Å². The molecule has 7 heteroatoms. The maximum atomic E-state index is 12.3. The highest BCUT2D eigenvalue weighted by Gasteiger charge is 2.47. The topological polar surface area (TPSA) is 41.7 Å². The number of hydrogen-bond donors (Lipinski definition) is 1. The second kappa shape index (κ2) is 9.39. The van der Waals surface area contributed by atoms with Gasteiger partial charge in [-0.15, -0.1) is 13.2 Å². The van der Waals surface area contributed by atoms with E-state index in [1.807, 2.05) is 6.08 Å². The first kappa shape index (κ1) is 22.9. The summed E-state index contributed by atoms with van der Waals surface area (Å²) in [6.45, 7) is 11.9. The molecule has 4 nitrogen and oxygen atoms in total. The van der Waals surface area contributed by atoms with Crippen LogP contribution in [0.15, 0.2) is 60.3 Å². The first-order valence-electron chi connectivity index (χ1n) is 9.61. The summed E-state index contributed by atoms with van der Waals surface area (Å²) in [7, 11) is 1.50. The van der Waals surface area contributed by atoms with Crippen LogP contribution < -0.4 is 15.4 Å². The molecule has 2 aliphatic rings.